The normalized spacial score (nSPS) is 11.3. The molecule has 0 N–H and O–H groups in total. The molecule has 0 spiro atoms. The number of furan rings is 1. The van der Waals surface area contributed by atoms with E-state index in [1.54, 1.807) is 0 Å². The van der Waals surface area contributed by atoms with Crippen LogP contribution >= 0.6 is 0 Å². The Hall–Kier alpha value is -7.16. The highest BCUT2D eigenvalue weighted by Gasteiger charge is 2.22. The lowest BCUT2D eigenvalue weighted by molar-refractivity contribution is 0.673. The molecule has 0 aliphatic heterocycles. The fourth-order valence-electron chi connectivity index (χ4n) is 7.73. The average Bonchev–Trinajstić information content (AvgIpc) is 3.65. The van der Waals surface area contributed by atoms with Crippen LogP contribution in [0.4, 0.5) is 17.1 Å². The molecule has 0 unspecified atom stereocenters. The molecule has 10 aromatic rings. The zero-order valence-corrected chi connectivity index (χ0v) is 29.6. The van der Waals surface area contributed by atoms with Gasteiger partial charge in [0.2, 0.25) is 0 Å². The van der Waals surface area contributed by atoms with Crippen molar-refractivity contribution in [1.29, 1.82) is 0 Å². The maximum absolute atomic E-state index is 6.82. The van der Waals surface area contributed by atoms with Crippen molar-refractivity contribution in [2.75, 3.05) is 4.90 Å². The molecule has 0 fully saturated rings. The highest BCUT2D eigenvalue weighted by atomic mass is 16.3. The smallest absolute Gasteiger partial charge is 0.145 e. The molecule has 254 valence electrons. The van der Waals surface area contributed by atoms with E-state index in [0.29, 0.717) is 0 Å². The van der Waals surface area contributed by atoms with Crippen LogP contribution in [0.15, 0.2) is 217 Å². The first-order valence-electron chi connectivity index (χ1n) is 18.4. The van der Waals surface area contributed by atoms with Crippen molar-refractivity contribution < 1.29 is 4.42 Å². The molecule has 2 heteroatoms. The van der Waals surface area contributed by atoms with Gasteiger partial charge in [0.15, 0.2) is 0 Å². The van der Waals surface area contributed by atoms with Gasteiger partial charge >= 0.3 is 0 Å². The molecule has 1 heterocycles. The molecule has 0 amide bonds. The summed E-state index contributed by atoms with van der Waals surface area (Å²) in [5.74, 6) is 0. The molecule has 0 radical (unpaired) electrons. The van der Waals surface area contributed by atoms with Gasteiger partial charge in [-0.05, 0) is 92.4 Å². The standard InChI is InChI=1S/C52H35NO/c1-4-12-36(13-5-1)39-20-22-42(23-21-39)43-28-33-50-48(34-43)51-49(35-44-18-10-11-19-47(44)52(51)54-50)53(45-29-24-40(25-30-45)37-14-6-2-7-15-37)46-31-26-41(27-32-46)38-16-8-3-9-17-38/h1-35H. The van der Waals surface area contributed by atoms with Gasteiger partial charge < -0.3 is 9.32 Å². The molecular weight excluding hydrogens is 655 g/mol. The average molecular weight is 690 g/mol. The fraction of sp³-hybridized carbons (Fsp3) is 0. The number of hydrogen-bond donors (Lipinski definition) is 0. The second-order valence-corrected chi connectivity index (χ2v) is 13.7. The van der Waals surface area contributed by atoms with Crippen LogP contribution in [0.2, 0.25) is 0 Å². The third-order valence-electron chi connectivity index (χ3n) is 10.5. The lowest BCUT2D eigenvalue weighted by Gasteiger charge is -2.27. The van der Waals surface area contributed by atoms with Crippen molar-refractivity contribution in [3.63, 3.8) is 0 Å². The van der Waals surface area contributed by atoms with Crippen LogP contribution in [-0.2, 0) is 0 Å². The zero-order chi connectivity index (χ0) is 35.8. The van der Waals surface area contributed by atoms with E-state index in [1.807, 2.05) is 0 Å². The Morgan fingerprint density at radius 3 is 1.24 bits per heavy atom. The summed E-state index contributed by atoms with van der Waals surface area (Å²) in [6, 6.07) is 75.8. The van der Waals surface area contributed by atoms with Crippen LogP contribution < -0.4 is 4.90 Å². The van der Waals surface area contributed by atoms with Gasteiger partial charge in [-0.15, -0.1) is 0 Å². The Balaban J connectivity index is 1.17. The van der Waals surface area contributed by atoms with Crippen LogP contribution in [0.5, 0.6) is 0 Å². The van der Waals surface area contributed by atoms with Crippen LogP contribution in [0, 0.1) is 0 Å². The van der Waals surface area contributed by atoms with Gasteiger partial charge in [-0.1, -0.05) is 170 Å². The summed E-state index contributed by atoms with van der Waals surface area (Å²) < 4.78 is 6.82. The van der Waals surface area contributed by atoms with Crippen molar-refractivity contribution in [2.24, 2.45) is 0 Å². The van der Waals surface area contributed by atoms with Gasteiger partial charge in [-0.3, -0.25) is 0 Å². The van der Waals surface area contributed by atoms with E-state index in [1.165, 1.54) is 33.4 Å². The Morgan fingerprint density at radius 2 is 0.722 bits per heavy atom. The van der Waals surface area contributed by atoms with Gasteiger partial charge in [0.1, 0.15) is 11.2 Å². The summed E-state index contributed by atoms with van der Waals surface area (Å²) in [7, 11) is 0. The van der Waals surface area contributed by atoms with Gasteiger partial charge in [-0.25, -0.2) is 0 Å². The summed E-state index contributed by atoms with van der Waals surface area (Å²) in [5.41, 5.74) is 14.4. The van der Waals surface area contributed by atoms with Crippen molar-refractivity contribution >= 4 is 49.8 Å². The maximum Gasteiger partial charge on any atom is 0.145 e. The van der Waals surface area contributed by atoms with Gasteiger partial charge in [0.25, 0.3) is 0 Å². The molecular formula is C52H35NO. The Kier molecular flexibility index (Phi) is 7.85. The summed E-state index contributed by atoms with van der Waals surface area (Å²) in [5, 5.41) is 4.40. The van der Waals surface area contributed by atoms with Crippen molar-refractivity contribution in [1.82, 2.24) is 0 Å². The molecule has 54 heavy (non-hydrogen) atoms. The number of nitrogens with zero attached hydrogens (tertiary/aromatic N) is 1. The van der Waals surface area contributed by atoms with E-state index in [-0.39, 0.29) is 0 Å². The van der Waals surface area contributed by atoms with Gasteiger partial charge in [-0.2, -0.15) is 0 Å². The predicted octanol–water partition coefficient (Wildman–Crippen LogP) is 14.9. The fourth-order valence-corrected chi connectivity index (χ4v) is 7.73. The van der Waals surface area contributed by atoms with Crippen LogP contribution in [0.3, 0.4) is 0 Å². The lowest BCUT2D eigenvalue weighted by atomic mass is 9.97. The Labute approximate surface area is 314 Å². The number of hydrogen-bond acceptors (Lipinski definition) is 2. The topological polar surface area (TPSA) is 16.4 Å². The minimum Gasteiger partial charge on any atom is -0.455 e. The third kappa shape index (κ3) is 5.71. The van der Waals surface area contributed by atoms with Gasteiger partial charge in [0, 0.05) is 22.1 Å². The first-order valence-corrected chi connectivity index (χ1v) is 18.4. The second-order valence-electron chi connectivity index (χ2n) is 13.7. The van der Waals surface area contributed by atoms with Crippen LogP contribution in [0.25, 0.3) is 77.2 Å². The van der Waals surface area contributed by atoms with E-state index < -0.39 is 0 Å². The van der Waals surface area contributed by atoms with Crippen molar-refractivity contribution in [3.05, 3.63) is 212 Å². The molecule has 2 nitrogen and oxygen atoms in total. The minimum absolute atomic E-state index is 0.867. The van der Waals surface area contributed by atoms with Crippen molar-refractivity contribution in [3.8, 4) is 44.5 Å². The monoisotopic (exact) mass is 689 g/mol. The van der Waals surface area contributed by atoms with E-state index in [9.17, 15) is 0 Å². The number of rotatable bonds is 7. The highest BCUT2D eigenvalue weighted by molar-refractivity contribution is 6.22. The largest absolute Gasteiger partial charge is 0.455 e. The summed E-state index contributed by atoms with van der Waals surface area (Å²) >= 11 is 0. The molecule has 1 aromatic heterocycles. The Bertz CT molecular complexity index is 2790. The van der Waals surface area contributed by atoms with E-state index in [2.05, 4.69) is 217 Å². The van der Waals surface area contributed by atoms with Gasteiger partial charge in [0.05, 0.1) is 11.1 Å². The molecule has 0 atom stereocenters. The van der Waals surface area contributed by atoms with E-state index >= 15 is 0 Å². The lowest BCUT2D eigenvalue weighted by Crippen LogP contribution is -2.10. The first-order chi connectivity index (χ1) is 26.8. The first kappa shape index (κ1) is 31.6. The molecule has 10 rings (SSSR count). The molecule has 0 aliphatic rings. The molecule has 0 saturated carbocycles. The predicted molar refractivity (Wildman–Crippen MR) is 228 cm³/mol. The highest BCUT2D eigenvalue weighted by Crippen LogP contribution is 2.47. The summed E-state index contributed by atoms with van der Waals surface area (Å²) in [6.45, 7) is 0. The minimum atomic E-state index is 0.867. The van der Waals surface area contributed by atoms with Crippen LogP contribution in [-0.4, -0.2) is 0 Å². The number of fused-ring (bicyclic) bond motifs is 5. The summed E-state index contributed by atoms with van der Waals surface area (Å²) in [6.07, 6.45) is 0. The Morgan fingerprint density at radius 1 is 0.315 bits per heavy atom. The maximum atomic E-state index is 6.82. The quantitative estimate of drug-likeness (QED) is 0.166. The molecule has 9 aromatic carbocycles. The summed E-state index contributed by atoms with van der Waals surface area (Å²) in [4.78, 5) is 2.38. The van der Waals surface area contributed by atoms with E-state index in [0.717, 1.165) is 60.9 Å². The second kappa shape index (κ2) is 13.4. The number of benzene rings is 9. The molecule has 0 saturated heterocycles. The third-order valence-corrected chi connectivity index (χ3v) is 10.5. The van der Waals surface area contributed by atoms with E-state index in [4.69, 9.17) is 4.42 Å². The number of anilines is 3. The SMILES string of the molecule is c1ccc(-c2ccc(-c3ccc4oc5c6ccccc6cc(N(c6ccc(-c7ccccc7)cc6)c6ccc(-c7ccccc7)cc6)c5c4c3)cc2)cc1. The zero-order valence-electron chi connectivity index (χ0n) is 29.6. The van der Waals surface area contributed by atoms with Crippen LogP contribution in [0.1, 0.15) is 0 Å². The van der Waals surface area contributed by atoms with Crippen molar-refractivity contribution in [2.45, 2.75) is 0 Å². The molecule has 0 bridgehead atoms. The molecule has 0 aliphatic carbocycles.